The molecule has 0 saturated heterocycles. The summed E-state index contributed by atoms with van der Waals surface area (Å²) in [5, 5.41) is 8.28. The maximum atomic E-state index is 12.2. The van der Waals surface area contributed by atoms with Crippen LogP contribution in [0.3, 0.4) is 0 Å². The highest BCUT2D eigenvalue weighted by atomic mass is 32.2. The number of thiophene rings is 1. The predicted octanol–water partition coefficient (Wildman–Crippen LogP) is 4.97. The molecule has 23 heavy (non-hydrogen) atoms. The van der Waals surface area contributed by atoms with Crippen LogP contribution in [0.5, 0.6) is 0 Å². The highest BCUT2D eigenvalue weighted by Crippen LogP contribution is 2.27. The summed E-state index contributed by atoms with van der Waals surface area (Å²) in [5.74, 6) is -2.37. The molecular formula is C15H10F2N2O2S2. The van der Waals surface area contributed by atoms with Gasteiger partial charge in [-0.05, 0) is 35.7 Å². The molecule has 0 aliphatic rings. The smallest absolute Gasteiger partial charge is 0.288 e. The summed E-state index contributed by atoms with van der Waals surface area (Å²) in [5.41, 5.74) is 0.647. The number of benzene rings is 1. The summed E-state index contributed by atoms with van der Waals surface area (Å²) in [6.07, 6.45) is 0. The summed E-state index contributed by atoms with van der Waals surface area (Å²) in [6, 6.07) is 11.5. The molecule has 1 aromatic carbocycles. The molecule has 0 fully saturated rings. The quantitative estimate of drug-likeness (QED) is 0.659. The number of halogens is 2. The number of aromatic nitrogens is 1. The zero-order chi connectivity index (χ0) is 16.2. The van der Waals surface area contributed by atoms with Gasteiger partial charge < -0.3 is 9.84 Å². The molecular weight excluding hydrogens is 342 g/mol. The van der Waals surface area contributed by atoms with Crippen LogP contribution in [0.4, 0.5) is 14.5 Å². The van der Waals surface area contributed by atoms with E-state index in [1.54, 1.807) is 18.2 Å². The molecule has 2 heterocycles. The highest BCUT2D eigenvalue weighted by Gasteiger charge is 2.14. The van der Waals surface area contributed by atoms with Crippen molar-refractivity contribution in [1.29, 1.82) is 0 Å². The van der Waals surface area contributed by atoms with Crippen molar-refractivity contribution in [2.45, 2.75) is 10.7 Å². The van der Waals surface area contributed by atoms with Crippen LogP contribution in [0, 0.1) is 0 Å². The number of nitrogens with zero attached hydrogens (tertiary/aromatic N) is 1. The molecule has 0 spiro atoms. The van der Waals surface area contributed by atoms with Crippen LogP contribution in [-0.4, -0.2) is 16.8 Å². The Bertz CT molecular complexity index is 786. The van der Waals surface area contributed by atoms with Gasteiger partial charge in [0.05, 0.1) is 4.88 Å². The van der Waals surface area contributed by atoms with Gasteiger partial charge in [-0.1, -0.05) is 23.0 Å². The van der Waals surface area contributed by atoms with Crippen molar-refractivity contribution in [1.82, 2.24) is 5.16 Å². The third-order valence-electron chi connectivity index (χ3n) is 2.84. The van der Waals surface area contributed by atoms with E-state index in [1.165, 1.54) is 23.5 Å². The van der Waals surface area contributed by atoms with Crippen LogP contribution in [0.1, 0.15) is 10.5 Å². The molecule has 0 aliphatic heterocycles. The fourth-order valence-corrected chi connectivity index (χ4v) is 3.00. The topological polar surface area (TPSA) is 55.1 Å². The van der Waals surface area contributed by atoms with E-state index in [4.69, 9.17) is 4.52 Å². The standard InChI is InChI=1S/C15H10F2N2O2S2/c16-15(17)23-10-5-3-9(4-6-10)18-14(20)11-8-12(21-19-11)13-2-1-7-22-13/h1-8,15H,(H,18,20). The van der Waals surface area contributed by atoms with Crippen molar-refractivity contribution in [2.24, 2.45) is 0 Å². The minimum Gasteiger partial charge on any atom is -0.355 e. The van der Waals surface area contributed by atoms with Gasteiger partial charge in [-0.25, -0.2) is 0 Å². The van der Waals surface area contributed by atoms with E-state index in [1.807, 2.05) is 17.5 Å². The highest BCUT2D eigenvalue weighted by molar-refractivity contribution is 7.99. The Morgan fingerprint density at radius 1 is 1.26 bits per heavy atom. The number of hydrogen-bond donors (Lipinski definition) is 1. The Labute approximate surface area is 138 Å². The minimum atomic E-state index is -2.47. The van der Waals surface area contributed by atoms with Crippen molar-refractivity contribution in [3.05, 3.63) is 53.5 Å². The SMILES string of the molecule is O=C(Nc1ccc(SC(F)F)cc1)c1cc(-c2cccs2)on1. The lowest BCUT2D eigenvalue weighted by molar-refractivity contribution is 0.101. The second-order valence-electron chi connectivity index (χ2n) is 4.41. The average Bonchev–Trinajstić information content (AvgIpc) is 3.19. The van der Waals surface area contributed by atoms with Crippen molar-refractivity contribution >= 4 is 34.7 Å². The number of nitrogens with one attached hydrogen (secondary N) is 1. The Balaban J connectivity index is 1.67. The predicted molar refractivity (Wildman–Crippen MR) is 86.1 cm³/mol. The number of alkyl halides is 2. The molecule has 8 heteroatoms. The molecule has 0 bridgehead atoms. The summed E-state index contributed by atoms with van der Waals surface area (Å²) in [4.78, 5) is 13.4. The summed E-state index contributed by atoms with van der Waals surface area (Å²) in [6.45, 7) is 0. The van der Waals surface area contributed by atoms with E-state index in [-0.39, 0.29) is 5.69 Å². The van der Waals surface area contributed by atoms with E-state index in [0.29, 0.717) is 28.1 Å². The molecule has 1 amide bonds. The van der Waals surface area contributed by atoms with Crippen molar-refractivity contribution in [3.8, 4) is 10.6 Å². The van der Waals surface area contributed by atoms with Gasteiger partial charge in [0.2, 0.25) is 0 Å². The minimum absolute atomic E-state index is 0.152. The normalized spacial score (nSPS) is 10.9. The Hall–Kier alpha value is -2.19. The van der Waals surface area contributed by atoms with Gasteiger partial charge in [-0.3, -0.25) is 4.79 Å². The van der Waals surface area contributed by atoms with Crippen molar-refractivity contribution in [2.75, 3.05) is 5.32 Å². The first-order chi connectivity index (χ1) is 11.1. The first-order valence-corrected chi connectivity index (χ1v) is 8.24. The van der Waals surface area contributed by atoms with Gasteiger partial charge in [-0.15, -0.1) is 11.3 Å². The lowest BCUT2D eigenvalue weighted by Gasteiger charge is -2.04. The van der Waals surface area contributed by atoms with Crippen LogP contribution in [-0.2, 0) is 0 Å². The third-order valence-corrected chi connectivity index (χ3v) is 4.45. The van der Waals surface area contributed by atoms with E-state index in [9.17, 15) is 13.6 Å². The van der Waals surface area contributed by atoms with Gasteiger partial charge in [-0.2, -0.15) is 8.78 Å². The maximum Gasteiger partial charge on any atom is 0.288 e. The Morgan fingerprint density at radius 2 is 2.04 bits per heavy atom. The summed E-state index contributed by atoms with van der Waals surface area (Å²) < 4.78 is 29.6. The number of amides is 1. The van der Waals surface area contributed by atoms with Crippen molar-refractivity contribution in [3.63, 3.8) is 0 Å². The first-order valence-electron chi connectivity index (χ1n) is 6.48. The largest absolute Gasteiger partial charge is 0.355 e. The summed E-state index contributed by atoms with van der Waals surface area (Å²) >= 11 is 1.93. The number of carbonyl (C=O) groups excluding carboxylic acids is 1. The van der Waals surface area contributed by atoms with E-state index < -0.39 is 11.7 Å². The molecule has 0 radical (unpaired) electrons. The van der Waals surface area contributed by atoms with Gasteiger partial charge in [0.25, 0.3) is 11.7 Å². The zero-order valence-electron chi connectivity index (χ0n) is 11.5. The fourth-order valence-electron chi connectivity index (χ4n) is 1.83. The molecule has 2 aromatic heterocycles. The van der Waals surface area contributed by atoms with Crippen LogP contribution >= 0.6 is 23.1 Å². The lowest BCUT2D eigenvalue weighted by atomic mass is 10.3. The van der Waals surface area contributed by atoms with Crippen LogP contribution in [0.2, 0.25) is 0 Å². The zero-order valence-corrected chi connectivity index (χ0v) is 13.2. The number of rotatable bonds is 5. The average molecular weight is 352 g/mol. The van der Waals surface area contributed by atoms with Crippen molar-refractivity contribution < 1.29 is 18.1 Å². The molecule has 0 unspecified atom stereocenters. The number of anilines is 1. The molecule has 0 saturated carbocycles. The van der Waals surface area contributed by atoms with Crippen LogP contribution in [0.15, 0.2) is 57.3 Å². The maximum absolute atomic E-state index is 12.2. The number of hydrogen-bond acceptors (Lipinski definition) is 5. The van der Waals surface area contributed by atoms with E-state index >= 15 is 0 Å². The van der Waals surface area contributed by atoms with E-state index in [0.717, 1.165) is 4.88 Å². The second-order valence-corrected chi connectivity index (χ2v) is 6.42. The van der Waals surface area contributed by atoms with Gasteiger partial charge in [0.15, 0.2) is 11.5 Å². The fraction of sp³-hybridized carbons (Fsp3) is 0.0667. The molecule has 3 rings (SSSR count). The van der Waals surface area contributed by atoms with Crippen LogP contribution in [0.25, 0.3) is 10.6 Å². The van der Waals surface area contributed by atoms with E-state index in [2.05, 4.69) is 10.5 Å². The lowest BCUT2D eigenvalue weighted by Crippen LogP contribution is -2.11. The Kier molecular flexibility index (Phi) is 4.73. The molecule has 118 valence electrons. The van der Waals surface area contributed by atoms with Gasteiger partial charge in [0.1, 0.15) is 0 Å². The first kappa shape index (κ1) is 15.7. The molecule has 1 N–H and O–H groups in total. The molecule has 3 aromatic rings. The van der Waals surface area contributed by atoms with Gasteiger partial charge >= 0.3 is 0 Å². The molecule has 4 nitrogen and oxygen atoms in total. The van der Waals surface area contributed by atoms with Gasteiger partial charge in [0, 0.05) is 16.6 Å². The molecule has 0 aliphatic carbocycles. The molecule has 0 atom stereocenters. The summed E-state index contributed by atoms with van der Waals surface area (Å²) in [7, 11) is 0. The Morgan fingerprint density at radius 3 is 2.70 bits per heavy atom. The third kappa shape index (κ3) is 3.96. The monoisotopic (exact) mass is 352 g/mol. The number of carbonyl (C=O) groups is 1. The number of thioether (sulfide) groups is 1. The van der Waals surface area contributed by atoms with Crippen LogP contribution < -0.4 is 5.32 Å². The second kappa shape index (κ2) is 6.93.